The Bertz CT molecular complexity index is 1140. The second kappa shape index (κ2) is 8.93. The van der Waals surface area contributed by atoms with Crippen molar-refractivity contribution in [2.24, 2.45) is 0 Å². The SMILES string of the molecule is COCCc1noc(-c2cnc3nc(C)ccc3c2Nc2cccc(F)c2)n1.Cl. The highest BCUT2D eigenvalue weighted by Gasteiger charge is 2.18. The van der Waals surface area contributed by atoms with E-state index in [1.54, 1.807) is 25.4 Å². The zero-order valence-electron chi connectivity index (χ0n) is 15.8. The topological polar surface area (TPSA) is 86.0 Å². The lowest BCUT2D eigenvalue weighted by Gasteiger charge is -2.13. The molecular weight excluding hydrogens is 397 g/mol. The van der Waals surface area contributed by atoms with Crippen LogP contribution in [0.25, 0.3) is 22.5 Å². The monoisotopic (exact) mass is 415 g/mol. The molecule has 4 aromatic rings. The van der Waals surface area contributed by atoms with Gasteiger partial charge in [0.05, 0.1) is 17.9 Å². The minimum absolute atomic E-state index is 0. The summed E-state index contributed by atoms with van der Waals surface area (Å²) in [6.45, 7) is 2.39. The Kier molecular flexibility index (Phi) is 6.36. The van der Waals surface area contributed by atoms with Crippen LogP contribution in [0.2, 0.25) is 0 Å². The van der Waals surface area contributed by atoms with E-state index in [4.69, 9.17) is 9.26 Å². The summed E-state index contributed by atoms with van der Waals surface area (Å²) >= 11 is 0. The van der Waals surface area contributed by atoms with Crippen molar-refractivity contribution in [3.05, 3.63) is 59.9 Å². The molecule has 0 saturated heterocycles. The van der Waals surface area contributed by atoms with Crippen LogP contribution in [0.5, 0.6) is 0 Å². The number of rotatable bonds is 6. The minimum atomic E-state index is -0.335. The number of hydrogen-bond acceptors (Lipinski definition) is 7. The van der Waals surface area contributed by atoms with Gasteiger partial charge >= 0.3 is 0 Å². The van der Waals surface area contributed by atoms with Crippen molar-refractivity contribution >= 4 is 34.8 Å². The highest BCUT2D eigenvalue weighted by molar-refractivity contribution is 5.98. The van der Waals surface area contributed by atoms with Crippen molar-refractivity contribution in [2.75, 3.05) is 19.0 Å². The van der Waals surface area contributed by atoms with Crippen LogP contribution in [-0.2, 0) is 11.2 Å². The molecule has 0 fully saturated rings. The van der Waals surface area contributed by atoms with E-state index in [-0.39, 0.29) is 18.2 Å². The van der Waals surface area contributed by atoms with Gasteiger partial charge in [-0.05, 0) is 37.3 Å². The number of pyridine rings is 2. The van der Waals surface area contributed by atoms with Crippen molar-refractivity contribution in [2.45, 2.75) is 13.3 Å². The van der Waals surface area contributed by atoms with Crippen LogP contribution in [0.15, 0.2) is 47.1 Å². The molecule has 0 radical (unpaired) electrons. The number of nitrogens with one attached hydrogen (secondary N) is 1. The zero-order valence-corrected chi connectivity index (χ0v) is 16.7. The molecule has 0 saturated carbocycles. The Morgan fingerprint density at radius 2 is 2.03 bits per heavy atom. The molecule has 0 aliphatic heterocycles. The van der Waals surface area contributed by atoms with Gasteiger partial charge in [-0.1, -0.05) is 11.2 Å². The fraction of sp³-hybridized carbons (Fsp3) is 0.200. The predicted molar refractivity (Wildman–Crippen MR) is 110 cm³/mol. The fourth-order valence-electron chi connectivity index (χ4n) is 2.84. The Labute approximate surface area is 172 Å². The molecule has 3 aromatic heterocycles. The normalized spacial score (nSPS) is 10.7. The molecule has 7 nitrogen and oxygen atoms in total. The molecule has 29 heavy (non-hydrogen) atoms. The summed E-state index contributed by atoms with van der Waals surface area (Å²) in [5, 5.41) is 8.01. The first-order valence-electron chi connectivity index (χ1n) is 8.75. The number of fused-ring (bicyclic) bond motifs is 1. The third-order valence-electron chi connectivity index (χ3n) is 4.19. The van der Waals surface area contributed by atoms with Gasteiger partial charge in [0.1, 0.15) is 5.82 Å². The van der Waals surface area contributed by atoms with Gasteiger partial charge in [-0.3, -0.25) is 0 Å². The molecule has 9 heteroatoms. The quantitative estimate of drug-likeness (QED) is 0.496. The zero-order chi connectivity index (χ0) is 19.5. The van der Waals surface area contributed by atoms with Gasteiger partial charge in [0.25, 0.3) is 5.89 Å². The standard InChI is InChI=1S/C20H18FN5O2.ClH/c1-12-6-7-15-18(24-14-5-3-4-13(21)10-14)16(11-22-19(15)23-12)20-25-17(26-28-20)8-9-27-2;/h3-7,10-11H,8-9H2,1-2H3,(H,22,23,24);1H. The van der Waals surface area contributed by atoms with E-state index < -0.39 is 0 Å². The third kappa shape index (κ3) is 4.49. The highest BCUT2D eigenvalue weighted by Crippen LogP contribution is 2.34. The largest absolute Gasteiger partial charge is 0.384 e. The number of aromatic nitrogens is 4. The number of nitrogens with zero attached hydrogens (tertiary/aromatic N) is 4. The Balaban J connectivity index is 0.00000240. The third-order valence-corrected chi connectivity index (χ3v) is 4.19. The second-order valence-electron chi connectivity index (χ2n) is 6.26. The van der Waals surface area contributed by atoms with Crippen LogP contribution in [0.1, 0.15) is 11.5 Å². The number of hydrogen-bond donors (Lipinski definition) is 1. The molecule has 0 spiro atoms. The first-order valence-corrected chi connectivity index (χ1v) is 8.75. The summed E-state index contributed by atoms with van der Waals surface area (Å²) in [5.74, 6) is 0.522. The van der Waals surface area contributed by atoms with E-state index in [1.807, 2.05) is 19.1 Å². The summed E-state index contributed by atoms with van der Waals surface area (Å²) in [6, 6.07) is 10.0. The number of methoxy groups -OCH3 is 1. The average molecular weight is 416 g/mol. The minimum Gasteiger partial charge on any atom is -0.384 e. The number of benzene rings is 1. The summed E-state index contributed by atoms with van der Waals surface area (Å²) in [4.78, 5) is 13.3. The Hall–Kier alpha value is -3.10. The molecule has 4 rings (SSSR count). The number of ether oxygens (including phenoxy) is 1. The van der Waals surface area contributed by atoms with E-state index in [9.17, 15) is 4.39 Å². The molecule has 0 unspecified atom stereocenters. The molecule has 1 N–H and O–H groups in total. The molecule has 0 atom stereocenters. The molecule has 150 valence electrons. The van der Waals surface area contributed by atoms with Gasteiger partial charge in [0.15, 0.2) is 11.5 Å². The van der Waals surface area contributed by atoms with Gasteiger partial charge in [-0.15, -0.1) is 12.4 Å². The van der Waals surface area contributed by atoms with Crippen LogP contribution >= 0.6 is 12.4 Å². The smallest absolute Gasteiger partial charge is 0.261 e. The van der Waals surface area contributed by atoms with Crippen LogP contribution in [-0.4, -0.2) is 33.8 Å². The van der Waals surface area contributed by atoms with Gasteiger partial charge in [-0.25, -0.2) is 14.4 Å². The van der Waals surface area contributed by atoms with E-state index in [0.717, 1.165) is 11.1 Å². The molecule has 0 aliphatic carbocycles. The van der Waals surface area contributed by atoms with Crippen molar-refractivity contribution in [3.63, 3.8) is 0 Å². The summed E-state index contributed by atoms with van der Waals surface area (Å²) in [7, 11) is 1.62. The Morgan fingerprint density at radius 1 is 1.17 bits per heavy atom. The summed E-state index contributed by atoms with van der Waals surface area (Å²) in [6.07, 6.45) is 2.17. The van der Waals surface area contributed by atoms with Gasteiger partial charge in [0.2, 0.25) is 0 Å². The molecule has 0 bridgehead atoms. The lowest BCUT2D eigenvalue weighted by atomic mass is 10.1. The lowest BCUT2D eigenvalue weighted by Crippen LogP contribution is -1.99. The lowest BCUT2D eigenvalue weighted by molar-refractivity contribution is 0.199. The van der Waals surface area contributed by atoms with Crippen molar-refractivity contribution in [1.29, 1.82) is 0 Å². The molecule has 0 amide bonds. The fourth-order valence-corrected chi connectivity index (χ4v) is 2.84. The van der Waals surface area contributed by atoms with E-state index in [2.05, 4.69) is 25.4 Å². The maximum atomic E-state index is 13.7. The van der Waals surface area contributed by atoms with Crippen LogP contribution < -0.4 is 5.32 Å². The van der Waals surface area contributed by atoms with E-state index in [0.29, 0.717) is 47.3 Å². The highest BCUT2D eigenvalue weighted by atomic mass is 35.5. The first-order chi connectivity index (χ1) is 13.6. The van der Waals surface area contributed by atoms with E-state index in [1.165, 1.54) is 12.1 Å². The van der Waals surface area contributed by atoms with Crippen molar-refractivity contribution in [3.8, 4) is 11.5 Å². The van der Waals surface area contributed by atoms with Crippen molar-refractivity contribution < 1.29 is 13.7 Å². The molecule has 1 aromatic carbocycles. The van der Waals surface area contributed by atoms with Crippen molar-refractivity contribution in [1.82, 2.24) is 20.1 Å². The van der Waals surface area contributed by atoms with Crippen LogP contribution in [0.4, 0.5) is 15.8 Å². The maximum absolute atomic E-state index is 13.7. The summed E-state index contributed by atoms with van der Waals surface area (Å²) < 4.78 is 24.1. The van der Waals surface area contributed by atoms with Gasteiger partial charge < -0.3 is 14.6 Å². The van der Waals surface area contributed by atoms with E-state index >= 15 is 0 Å². The van der Waals surface area contributed by atoms with Gasteiger partial charge in [0, 0.05) is 36.5 Å². The summed E-state index contributed by atoms with van der Waals surface area (Å²) in [5.41, 5.74) is 3.29. The number of aryl methyl sites for hydroxylation is 1. The maximum Gasteiger partial charge on any atom is 0.261 e. The van der Waals surface area contributed by atoms with Crippen LogP contribution in [0.3, 0.4) is 0 Å². The van der Waals surface area contributed by atoms with Crippen LogP contribution in [0, 0.1) is 12.7 Å². The molecular formula is C20H19ClFN5O2. The molecule has 0 aliphatic rings. The number of anilines is 2. The Morgan fingerprint density at radius 3 is 2.83 bits per heavy atom. The predicted octanol–water partition coefficient (Wildman–Crippen LogP) is 4.48. The molecule has 3 heterocycles. The number of halogens is 2. The first kappa shape index (κ1) is 20.6. The van der Waals surface area contributed by atoms with Gasteiger partial charge in [-0.2, -0.15) is 4.98 Å². The average Bonchev–Trinajstić information content (AvgIpc) is 3.15. The second-order valence-corrected chi connectivity index (χ2v) is 6.26.